The second-order valence-electron chi connectivity index (χ2n) is 3.33. The lowest BCUT2D eigenvalue weighted by atomic mass is 10.3. The molecule has 0 atom stereocenters. The maximum absolute atomic E-state index is 12.1. The smallest absolute Gasteiger partial charge is 0.306 e. The highest BCUT2D eigenvalue weighted by atomic mass is 19.3. The van der Waals surface area contributed by atoms with Gasteiger partial charge in [0, 0.05) is 14.1 Å². The summed E-state index contributed by atoms with van der Waals surface area (Å²) in [4.78, 5) is 33.9. The molecule has 0 fully saturated rings. The van der Waals surface area contributed by atoms with Crippen molar-refractivity contribution in [1.29, 1.82) is 5.26 Å². The molecule has 1 heterocycles. The fraction of sp³-hybridized carbons (Fsp3) is 0.333. The monoisotopic (exact) mass is 258 g/mol. The van der Waals surface area contributed by atoms with Gasteiger partial charge in [0.2, 0.25) is 0 Å². The highest BCUT2D eigenvalue weighted by molar-refractivity contribution is 5.93. The van der Waals surface area contributed by atoms with Crippen molar-refractivity contribution in [1.82, 2.24) is 9.13 Å². The Labute approximate surface area is 98.9 Å². The van der Waals surface area contributed by atoms with Gasteiger partial charge in [-0.1, -0.05) is 0 Å². The van der Waals surface area contributed by atoms with Gasteiger partial charge < -0.3 is 5.32 Å². The van der Waals surface area contributed by atoms with Gasteiger partial charge in [0.15, 0.2) is 5.56 Å². The normalized spacial score (nSPS) is 10.2. The van der Waals surface area contributed by atoms with Crippen LogP contribution < -0.4 is 16.6 Å². The standard InChI is InChI=1S/C9H8F2N4O3/c1-14-6(13-7(16)5(10)11)4(3-12)8(17)15(2)9(14)18/h5H,1-2H3,(H,13,16). The number of nitrogens with zero attached hydrogens (tertiary/aromatic N) is 3. The predicted molar refractivity (Wildman–Crippen MR) is 56.3 cm³/mol. The Morgan fingerprint density at radius 2 is 1.89 bits per heavy atom. The molecular formula is C9H8F2N4O3. The predicted octanol–water partition coefficient (Wildman–Crippen LogP) is -0.841. The van der Waals surface area contributed by atoms with Crippen LogP contribution in [0.15, 0.2) is 9.59 Å². The Hall–Kier alpha value is -2.50. The van der Waals surface area contributed by atoms with E-state index >= 15 is 0 Å². The Kier molecular flexibility index (Phi) is 3.61. The quantitative estimate of drug-likeness (QED) is 0.747. The first-order valence-corrected chi connectivity index (χ1v) is 4.60. The topological polar surface area (TPSA) is 96.9 Å². The second-order valence-corrected chi connectivity index (χ2v) is 3.33. The minimum Gasteiger partial charge on any atom is -0.306 e. The number of carbonyl (C=O) groups is 1. The lowest BCUT2D eigenvalue weighted by Gasteiger charge is -2.12. The molecule has 0 aliphatic rings. The van der Waals surface area contributed by atoms with Crippen molar-refractivity contribution in [2.45, 2.75) is 6.43 Å². The summed E-state index contributed by atoms with van der Waals surface area (Å²) in [5.41, 5.74) is -2.40. The summed E-state index contributed by atoms with van der Waals surface area (Å²) < 4.78 is 25.6. The number of alkyl halides is 2. The molecule has 0 aliphatic heterocycles. The molecule has 9 heteroatoms. The molecule has 0 radical (unpaired) electrons. The van der Waals surface area contributed by atoms with E-state index < -0.39 is 35.0 Å². The van der Waals surface area contributed by atoms with Crippen molar-refractivity contribution >= 4 is 11.7 Å². The Morgan fingerprint density at radius 1 is 1.33 bits per heavy atom. The minimum atomic E-state index is -3.32. The molecular weight excluding hydrogens is 250 g/mol. The van der Waals surface area contributed by atoms with E-state index in [1.165, 1.54) is 6.07 Å². The molecule has 0 aliphatic carbocycles. The lowest BCUT2D eigenvalue weighted by molar-refractivity contribution is -0.126. The SMILES string of the molecule is Cn1c(NC(=O)C(F)F)c(C#N)c(=O)n(C)c1=O. The number of nitriles is 1. The van der Waals surface area contributed by atoms with Crippen LogP contribution in [0, 0.1) is 11.3 Å². The van der Waals surface area contributed by atoms with Crippen molar-refractivity contribution in [3.05, 3.63) is 26.4 Å². The van der Waals surface area contributed by atoms with Crippen LogP contribution >= 0.6 is 0 Å². The van der Waals surface area contributed by atoms with E-state index in [1.807, 2.05) is 0 Å². The maximum Gasteiger partial charge on any atom is 0.332 e. The summed E-state index contributed by atoms with van der Waals surface area (Å²) in [6.45, 7) is 0. The summed E-state index contributed by atoms with van der Waals surface area (Å²) in [6, 6.07) is 1.46. The van der Waals surface area contributed by atoms with E-state index in [4.69, 9.17) is 5.26 Å². The highest BCUT2D eigenvalue weighted by Gasteiger charge is 2.21. The van der Waals surface area contributed by atoms with Crippen molar-refractivity contribution in [2.75, 3.05) is 5.32 Å². The average Bonchev–Trinajstić information content (AvgIpc) is 2.33. The average molecular weight is 258 g/mol. The van der Waals surface area contributed by atoms with Gasteiger partial charge in [-0.3, -0.25) is 18.7 Å². The first-order valence-electron chi connectivity index (χ1n) is 4.60. The van der Waals surface area contributed by atoms with Gasteiger partial charge in [0.25, 0.3) is 11.5 Å². The number of anilines is 1. The maximum atomic E-state index is 12.1. The summed E-state index contributed by atoms with van der Waals surface area (Å²) in [5.74, 6) is -2.24. The largest absolute Gasteiger partial charge is 0.332 e. The number of amides is 1. The molecule has 1 aromatic rings. The number of aromatic nitrogens is 2. The highest BCUT2D eigenvalue weighted by Crippen LogP contribution is 2.08. The van der Waals surface area contributed by atoms with Gasteiger partial charge in [0.1, 0.15) is 11.9 Å². The molecule has 7 nitrogen and oxygen atoms in total. The number of hydrogen-bond acceptors (Lipinski definition) is 4. The Balaban J connectivity index is 3.55. The molecule has 18 heavy (non-hydrogen) atoms. The molecule has 1 aromatic heterocycles. The molecule has 0 aromatic carbocycles. The van der Waals surface area contributed by atoms with E-state index in [2.05, 4.69) is 0 Å². The van der Waals surface area contributed by atoms with Crippen molar-refractivity contribution < 1.29 is 13.6 Å². The molecule has 0 spiro atoms. The minimum absolute atomic E-state index is 0.545. The van der Waals surface area contributed by atoms with Gasteiger partial charge in [-0.15, -0.1) is 0 Å². The molecule has 96 valence electrons. The third-order valence-electron chi connectivity index (χ3n) is 2.22. The van der Waals surface area contributed by atoms with Crippen LogP contribution in [0.2, 0.25) is 0 Å². The van der Waals surface area contributed by atoms with Gasteiger partial charge in [-0.25, -0.2) is 4.79 Å². The van der Waals surface area contributed by atoms with Crippen LogP contribution in [0.5, 0.6) is 0 Å². The van der Waals surface area contributed by atoms with E-state index in [0.717, 1.165) is 18.7 Å². The summed E-state index contributed by atoms with van der Waals surface area (Å²) in [6.07, 6.45) is -3.32. The summed E-state index contributed by atoms with van der Waals surface area (Å²) >= 11 is 0. The van der Waals surface area contributed by atoms with Gasteiger partial charge in [-0.05, 0) is 0 Å². The van der Waals surface area contributed by atoms with Crippen molar-refractivity contribution in [3.8, 4) is 6.07 Å². The number of rotatable bonds is 2. The molecule has 1 amide bonds. The van der Waals surface area contributed by atoms with Crippen LogP contribution in [0.4, 0.5) is 14.6 Å². The third kappa shape index (κ3) is 2.13. The number of carbonyl (C=O) groups excluding carboxylic acids is 1. The van der Waals surface area contributed by atoms with Crippen molar-refractivity contribution in [2.24, 2.45) is 14.1 Å². The zero-order valence-corrected chi connectivity index (χ0v) is 9.40. The third-order valence-corrected chi connectivity index (χ3v) is 2.22. The van der Waals surface area contributed by atoms with E-state index in [9.17, 15) is 23.2 Å². The summed E-state index contributed by atoms with van der Waals surface area (Å²) in [7, 11) is 2.27. The molecule has 0 saturated heterocycles. The van der Waals surface area contributed by atoms with Gasteiger partial charge in [-0.2, -0.15) is 14.0 Å². The van der Waals surface area contributed by atoms with E-state index in [1.54, 1.807) is 5.32 Å². The number of hydrogen-bond donors (Lipinski definition) is 1. The first-order chi connectivity index (χ1) is 8.31. The van der Waals surface area contributed by atoms with Crippen molar-refractivity contribution in [3.63, 3.8) is 0 Å². The van der Waals surface area contributed by atoms with Gasteiger partial charge in [0.05, 0.1) is 0 Å². The van der Waals surface area contributed by atoms with Crippen LogP contribution in [0.3, 0.4) is 0 Å². The van der Waals surface area contributed by atoms with E-state index in [0.29, 0.717) is 4.57 Å². The van der Waals surface area contributed by atoms with Crippen LogP contribution in [-0.2, 0) is 18.9 Å². The van der Waals surface area contributed by atoms with Crippen LogP contribution in [-0.4, -0.2) is 21.5 Å². The molecule has 0 unspecified atom stereocenters. The molecule has 0 saturated carbocycles. The molecule has 1 N–H and O–H groups in total. The second kappa shape index (κ2) is 4.79. The fourth-order valence-corrected chi connectivity index (χ4v) is 1.26. The number of halogens is 2. The Bertz CT molecular complexity index is 653. The Morgan fingerprint density at radius 3 is 2.33 bits per heavy atom. The zero-order chi connectivity index (χ0) is 14.0. The molecule has 0 bridgehead atoms. The lowest BCUT2D eigenvalue weighted by Crippen LogP contribution is -2.41. The van der Waals surface area contributed by atoms with E-state index in [-0.39, 0.29) is 0 Å². The summed E-state index contributed by atoms with van der Waals surface area (Å²) in [5, 5.41) is 10.4. The van der Waals surface area contributed by atoms with Crippen LogP contribution in [0.25, 0.3) is 0 Å². The van der Waals surface area contributed by atoms with Gasteiger partial charge >= 0.3 is 12.1 Å². The number of nitrogens with one attached hydrogen (secondary N) is 1. The zero-order valence-electron chi connectivity index (χ0n) is 9.40. The van der Waals surface area contributed by atoms with Crippen LogP contribution in [0.1, 0.15) is 5.56 Å². The molecule has 1 rings (SSSR count). The fourth-order valence-electron chi connectivity index (χ4n) is 1.26. The first kappa shape index (κ1) is 13.6.